The molecule has 8 nitrogen and oxygen atoms in total. The minimum atomic E-state index is -0.0903. The maximum absolute atomic E-state index is 12.1. The van der Waals surface area contributed by atoms with Gasteiger partial charge in [-0.25, -0.2) is 4.98 Å². The van der Waals surface area contributed by atoms with Gasteiger partial charge in [-0.15, -0.1) is 0 Å². The molecule has 2 N–H and O–H groups in total. The number of nitrogens with zero attached hydrogens (tertiary/aromatic N) is 3. The SMILES string of the molecule is CCCC(=O)OC(C)C.Cc1cc(-c2nc3ccc(CN)cc3n2CC2CCCOC2)cn(C)c1=O. The van der Waals surface area contributed by atoms with Crippen molar-refractivity contribution in [2.24, 2.45) is 18.7 Å². The topological polar surface area (TPSA) is 101 Å². The van der Waals surface area contributed by atoms with E-state index in [2.05, 4.69) is 10.6 Å². The first-order chi connectivity index (χ1) is 17.2. The number of pyridine rings is 1. The lowest BCUT2D eigenvalue weighted by atomic mass is 10.0. The van der Waals surface area contributed by atoms with Crippen LogP contribution in [0.2, 0.25) is 0 Å². The molecule has 0 radical (unpaired) electrons. The largest absolute Gasteiger partial charge is 0.463 e. The normalized spacial score (nSPS) is 15.6. The highest BCUT2D eigenvalue weighted by atomic mass is 16.5. The van der Waals surface area contributed by atoms with Crippen LogP contribution in [-0.4, -0.2) is 39.4 Å². The van der Waals surface area contributed by atoms with Gasteiger partial charge in [0.2, 0.25) is 0 Å². The number of hydrogen-bond acceptors (Lipinski definition) is 6. The molecule has 1 aromatic carbocycles. The molecule has 1 unspecified atom stereocenters. The Morgan fingerprint density at radius 3 is 2.69 bits per heavy atom. The molecule has 1 atom stereocenters. The van der Waals surface area contributed by atoms with Gasteiger partial charge < -0.3 is 24.3 Å². The fraction of sp³-hybridized carbons (Fsp3) is 0.536. The van der Waals surface area contributed by atoms with Crippen molar-refractivity contribution in [1.29, 1.82) is 0 Å². The fourth-order valence-corrected chi connectivity index (χ4v) is 4.44. The molecule has 0 aliphatic carbocycles. The summed E-state index contributed by atoms with van der Waals surface area (Å²) in [6, 6.07) is 8.12. The van der Waals surface area contributed by atoms with Crippen LogP contribution < -0.4 is 11.3 Å². The lowest BCUT2D eigenvalue weighted by molar-refractivity contribution is -0.147. The molecular weight excluding hydrogens is 456 g/mol. The molecule has 0 amide bonds. The molecule has 36 heavy (non-hydrogen) atoms. The predicted octanol–water partition coefficient (Wildman–Crippen LogP) is 4.33. The number of hydrogen-bond donors (Lipinski definition) is 1. The molecule has 8 heteroatoms. The molecule has 3 aromatic rings. The van der Waals surface area contributed by atoms with Gasteiger partial charge in [0, 0.05) is 56.4 Å². The third-order valence-corrected chi connectivity index (χ3v) is 6.19. The van der Waals surface area contributed by atoms with E-state index in [9.17, 15) is 9.59 Å². The van der Waals surface area contributed by atoms with Crippen molar-refractivity contribution in [1.82, 2.24) is 14.1 Å². The second-order valence-electron chi connectivity index (χ2n) is 9.77. The average molecular weight is 497 g/mol. The van der Waals surface area contributed by atoms with E-state index in [1.807, 2.05) is 52.1 Å². The van der Waals surface area contributed by atoms with Gasteiger partial charge in [-0.2, -0.15) is 0 Å². The summed E-state index contributed by atoms with van der Waals surface area (Å²) in [5.41, 5.74) is 10.7. The van der Waals surface area contributed by atoms with Crippen LogP contribution in [0.5, 0.6) is 0 Å². The molecule has 1 saturated heterocycles. The zero-order chi connectivity index (χ0) is 26.2. The van der Waals surface area contributed by atoms with Crippen LogP contribution >= 0.6 is 0 Å². The highest BCUT2D eigenvalue weighted by Gasteiger charge is 2.20. The maximum atomic E-state index is 12.1. The Hall–Kier alpha value is -2.97. The van der Waals surface area contributed by atoms with Gasteiger partial charge in [-0.3, -0.25) is 9.59 Å². The van der Waals surface area contributed by atoms with Crippen molar-refractivity contribution in [2.75, 3.05) is 13.2 Å². The summed E-state index contributed by atoms with van der Waals surface area (Å²) in [6.07, 6.45) is 5.56. The minimum Gasteiger partial charge on any atom is -0.463 e. The summed E-state index contributed by atoms with van der Waals surface area (Å²) in [5, 5.41) is 0. The van der Waals surface area contributed by atoms with Gasteiger partial charge >= 0.3 is 5.97 Å². The Bertz CT molecular complexity index is 1200. The van der Waals surface area contributed by atoms with Crippen molar-refractivity contribution >= 4 is 17.0 Å². The molecule has 4 rings (SSSR count). The second-order valence-corrected chi connectivity index (χ2v) is 9.77. The fourth-order valence-electron chi connectivity index (χ4n) is 4.44. The third kappa shape index (κ3) is 7.04. The molecule has 1 aliphatic heterocycles. The van der Waals surface area contributed by atoms with Crippen LogP contribution in [0.1, 0.15) is 57.6 Å². The number of fused-ring (bicyclic) bond motifs is 1. The van der Waals surface area contributed by atoms with Gasteiger partial charge in [0.1, 0.15) is 5.82 Å². The smallest absolute Gasteiger partial charge is 0.306 e. The molecular formula is C28H40N4O4. The molecule has 2 aromatic heterocycles. The molecule has 0 saturated carbocycles. The van der Waals surface area contributed by atoms with E-state index < -0.39 is 0 Å². The van der Waals surface area contributed by atoms with Crippen molar-refractivity contribution < 1.29 is 14.3 Å². The number of carbonyl (C=O) groups excluding carboxylic acids is 1. The Kier molecular flexibility index (Phi) is 9.84. The summed E-state index contributed by atoms with van der Waals surface area (Å²) in [6.45, 7) is 10.5. The van der Waals surface area contributed by atoms with E-state index in [0.29, 0.717) is 18.9 Å². The number of rotatable bonds is 7. The van der Waals surface area contributed by atoms with Gasteiger partial charge in [0.05, 0.1) is 23.7 Å². The zero-order valence-corrected chi connectivity index (χ0v) is 22.3. The quantitative estimate of drug-likeness (QED) is 0.489. The zero-order valence-electron chi connectivity index (χ0n) is 22.3. The van der Waals surface area contributed by atoms with E-state index in [1.165, 1.54) is 0 Å². The Morgan fingerprint density at radius 1 is 1.31 bits per heavy atom. The van der Waals surface area contributed by atoms with Gasteiger partial charge in [0.15, 0.2) is 0 Å². The average Bonchev–Trinajstić information content (AvgIpc) is 3.20. The minimum absolute atomic E-state index is 0.0208. The van der Waals surface area contributed by atoms with Crippen LogP contribution in [0.25, 0.3) is 22.4 Å². The molecule has 0 bridgehead atoms. The van der Waals surface area contributed by atoms with Crippen molar-refractivity contribution in [3.05, 3.63) is 51.9 Å². The van der Waals surface area contributed by atoms with E-state index in [1.54, 1.807) is 11.6 Å². The van der Waals surface area contributed by atoms with E-state index in [0.717, 1.165) is 72.6 Å². The Labute approximate surface area is 213 Å². The molecule has 1 aliphatic rings. The lowest BCUT2D eigenvalue weighted by Crippen LogP contribution is -2.23. The van der Waals surface area contributed by atoms with Crippen molar-refractivity contribution in [3.8, 4) is 11.4 Å². The van der Waals surface area contributed by atoms with Crippen LogP contribution in [0.3, 0.4) is 0 Å². The third-order valence-electron chi connectivity index (χ3n) is 6.19. The predicted molar refractivity (Wildman–Crippen MR) is 143 cm³/mol. The van der Waals surface area contributed by atoms with E-state index in [4.69, 9.17) is 20.2 Å². The van der Waals surface area contributed by atoms with Crippen LogP contribution in [0.15, 0.2) is 35.3 Å². The van der Waals surface area contributed by atoms with Crippen LogP contribution in [0.4, 0.5) is 0 Å². The number of aryl methyl sites for hydroxylation is 2. The number of ether oxygens (including phenoxy) is 2. The monoisotopic (exact) mass is 496 g/mol. The Balaban J connectivity index is 0.000000345. The summed E-state index contributed by atoms with van der Waals surface area (Å²) >= 11 is 0. The van der Waals surface area contributed by atoms with Crippen LogP contribution in [0, 0.1) is 12.8 Å². The van der Waals surface area contributed by atoms with Gasteiger partial charge in [0.25, 0.3) is 5.56 Å². The molecule has 1 fully saturated rings. The highest BCUT2D eigenvalue weighted by Crippen LogP contribution is 2.28. The molecule has 196 valence electrons. The number of carbonyl (C=O) groups is 1. The second kappa shape index (κ2) is 12.8. The number of nitrogens with two attached hydrogens (primary N) is 1. The van der Waals surface area contributed by atoms with Crippen molar-refractivity contribution in [3.63, 3.8) is 0 Å². The Morgan fingerprint density at radius 2 is 2.08 bits per heavy atom. The van der Waals surface area contributed by atoms with Gasteiger partial charge in [-0.1, -0.05) is 13.0 Å². The summed E-state index contributed by atoms with van der Waals surface area (Å²) in [5.74, 6) is 1.26. The van der Waals surface area contributed by atoms with E-state index >= 15 is 0 Å². The first-order valence-electron chi connectivity index (χ1n) is 12.9. The summed E-state index contributed by atoms with van der Waals surface area (Å²) in [7, 11) is 1.79. The maximum Gasteiger partial charge on any atom is 0.306 e. The van der Waals surface area contributed by atoms with E-state index in [-0.39, 0.29) is 17.6 Å². The van der Waals surface area contributed by atoms with Gasteiger partial charge in [-0.05, 0) is 63.8 Å². The number of aromatic nitrogens is 3. The number of imidazole rings is 1. The molecule has 3 heterocycles. The summed E-state index contributed by atoms with van der Waals surface area (Å²) < 4.78 is 14.4. The lowest BCUT2D eigenvalue weighted by Gasteiger charge is -2.23. The highest BCUT2D eigenvalue weighted by molar-refractivity contribution is 5.81. The number of benzene rings is 1. The number of esters is 1. The first kappa shape index (κ1) is 27.6. The summed E-state index contributed by atoms with van der Waals surface area (Å²) in [4.78, 5) is 27.6. The first-order valence-corrected chi connectivity index (χ1v) is 12.9. The van der Waals surface area contributed by atoms with Crippen molar-refractivity contribution in [2.45, 2.75) is 72.6 Å². The van der Waals surface area contributed by atoms with Crippen LogP contribution in [-0.2, 0) is 34.4 Å². The standard InChI is InChI=1S/C21H26N4O2.C7H14O2/c1-14-8-17(12-24(2)21(14)26)20-23-18-6-5-15(10-22)9-19(18)25(20)11-16-4-3-7-27-13-16;1-4-5-7(8)9-6(2)3/h5-6,8-9,12,16H,3-4,7,10-11,13,22H2,1-2H3;6H,4-5H2,1-3H3. The molecule has 0 spiro atoms.